The van der Waals surface area contributed by atoms with Crippen molar-refractivity contribution >= 4 is 0 Å². The van der Waals surface area contributed by atoms with Crippen LogP contribution in [0.2, 0.25) is 0 Å². The Hall–Kier alpha value is -1.02. The van der Waals surface area contributed by atoms with E-state index >= 15 is 0 Å². The van der Waals surface area contributed by atoms with Crippen molar-refractivity contribution in [3.05, 3.63) is 35.1 Å². The van der Waals surface area contributed by atoms with Gasteiger partial charge in [0.1, 0.15) is 12.4 Å². The molecule has 0 N–H and O–H groups in total. The van der Waals surface area contributed by atoms with Crippen molar-refractivity contribution < 1.29 is 9.47 Å². The number of allylic oxidation sites excluding steroid dienone is 3. The lowest BCUT2D eigenvalue weighted by atomic mass is 10.1. The van der Waals surface area contributed by atoms with Crippen molar-refractivity contribution in [2.75, 3.05) is 13.2 Å². The van der Waals surface area contributed by atoms with Crippen LogP contribution in [0, 0.1) is 0 Å². The molecular weight excluding hydrogens is 200 g/mol. The molecule has 2 rings (SSSR count). The van der Waals surface area contributed by atoms with Gasteiger partial charge in [0.25, 0.3) is 0 Å². The van der Waals surface area contributed by atoms with E-state index in [1.54, 1.807) is 0 Å². The second kappa shape index (κ2) is 4.46. The number of hydrogen-bond acceptors (Lipinski definition) is 2. The maximum atomic E-state index is 5.85. The summed E-state index contributed by atoms with van der Waals surface area (Å²) in [4.78, 5) is 0. The van der Waals surface area contributed by atoms with Crippen molar-refractivity contribution in [2.45, 2.75) is 39.2 Å². The minimum Gasteiger partial charge on any atom is -0.494 e. The van der Waals surface area contributed by atoms with Crippen LogP contribution in [0.15, 0.2) is 35.1 Å². The second-order valence-corrected chi connectivity index (χ2v) is 4.96. The Labute approximate surface area is 97.6 Å². The van der Waals surface area contributed by atoms with Crippen molar-refractivity contribution in [3.63, 3.8) is 0 Å². The van der Waals surface area contributed by atoms with Crippen molar-refractivity contribution in [1.82, 2.24) is 0 Å². The smallest absolute Gasteiger partial charge is 0.116 e. The van der Waals surface area contributed by atoms with Gasteiger partial charge in [-0.2, -0.15) is 0 Å². The molecule has 0 radical (unpaired) electrons. The normalized spacial score (nSPS) is 24.1. The van der Waals surface area contributed by atoms with Gasteiger partial charge in [0.05, 0.1) is 12.2 Å². The molecule has 88 valence electrons. The van der Waals surface area contributed by atoms with E-state index in [1.165, 1.54) is 11.1 Å². The van der Waals surface area contributed by atoms with Gasteiger partial charge >= 0.3 is 0 Å². The quantitative estimate of drug-likeness (QED) is 0.674. The van der Waals surface area contributed by atoms with Crippen LogP contribution in [0.25, 0.3) is 0 Å². The molecule has 1 aliphatic carbocycles. The standard InChI is InChI=1S/C14H20O2/c1-4-11-5-7-12-9-16-14(2,3)10-15-13(12)8-6-11/h5-7H,4,8-10H2,1-3H3. The minimum absolute atomic E-state index is 0.183. The first-order valence-electron chi connectivity index (χ1n) is 5.96. The number of rotatable bonds is 1. The first kappa shape index (κ1) is 11.5. The largest absolute Gasteiger partial charge is 0.494 e. The van der Waals surface area contributed by atoms with Gasteiger partial charge in [0.15, 0.2) is 0 Å². The van der Waals surface area contributed by atoms with Gasteiger partial charge in [-0.3, -0.25) is 0 Å². The third kappa shape index (κ3) is 2.56. The summed E-state index contributed by atoms with van der Waals surface area (Å²) in [5, 5.41) is 0. The Kier molecular flexibility index (Phi) is 3.20. The molecule has 0 amide bonds. The monoisotopic (exact) mass is 220 g/mol. The first-order valence-corrected chi connectivity index (χ1v) is 5.96. The third-order valence-corrected chi connectivity index (χ3v) is 3.03. The zero-order valence-electron chi connectivity index (χ0n) is 10.4. The minimum atomic E-state index is -0.183. The summed E-state index contributed by atoms with van der Waals surface area (Å²) < 4.78 is 11.7. The fourth-order valence-electron chi connectivity index (χ4n) is 1.84. The summed E-state index contributed by atoms with van der Waals surface area (Å²) >= 11 is 0. The van der Waals surface area contributed by atoms with Crippen LogP contribution in [0.4, 0.5) is 0 Å². The molecule has 2 aliphatic rings. The van der Waals surface area contributed by atoms with Gasteiger partial charge in [-0.15, -0.1) is 0 Å². The molecule has 0 saturated heterocycles. The Morgan fingerprint density at radius 3 is 2.88 bits per heavy atom. The van der Waals surface area contributed by atoms with E-state index in [-0.39, 0.29) is 5.60 Å². The molecule has 0 aromatic rings. The molecule has 0 spiro atoms. The fraction of sp³-hybridized carbons (Fsp3) is 0.571. The molecule has 0 atom stereocenters. The van der Waals surface area contributed by atoms with Crippen LogP contribution < -0.4 is 0 Å². The maximum Gasteiger partial charge on any atom is 0.116 e. The highest BCUT2D eigenvalue weighted by Gasteiger charge is 2.25. The molecule has 2 nitrogen and oxygen atoms in total. The lowest BCUT2D eigenvalue weighted by molar-refractivity contribution is -0.0386. The van der Waals surface area contributed by atoms with Crippen molar-refractivity contribution in [3.8, 4) is 0 Å². The molecule has 2 heteroatoms. The molecule has 0 unspecified atom stereocenters. The Bertz CT molecular complexity index is 359. The van der Waals surface area contributed by atoms with E-state index in [0.29, 0.717) is 13.2 Å². The Morgan fingerprint density at radius 2 is 2.12 bits per heavy atom. The average molecular weight is 220 g/mol. The highest BCUT2D eigenvalue weighted by molar-refractivity contribution is 5.35. The van der Waals surface area contributed by atoms with E-state index < -0.39 is 0 Å². The highest BCUT2D eigenvalue weighted by Crippen LogP contribution is 2.26. The Balaban J connectivity index is 2.16. The Morgan fingerprint density at radius 1 is 1.31 bits per heavy atom. The lowest BCUT2D eigenvalue weighted by Gasteiger charge is -2.22. The van der Waals surface area contributed by atoms with Crippen LogP contribution in [-0.2, 0) is 9.47 Å². The number of ether oxygens (including phenoxy) is 2. The van der Waals surface area contributed by atoms with Gasteiger partial charge in [0.2, 0.25) is 0 Å². The van der Waals surface area contributed by atoms with E-state index in [0.717, 1.165) is 18.6 Å². The van der Waals surface area contributed by atoms with E-state index in [1.807, 2.05) is 0 Å². The van der Waals surface area contributed by atoms with Gasteiger partial charge < -0.3 is 9.47 Å². The summed E-state index contributed by atoms with van der Waals surface area (Å²) in [6, 6.07) is 0. The molecule has 0 aromatic heterocycles. The molecular formula is C14H20O2. The lowest BCUT2D eigenvalue weighted by Crippen LogP contribution is -2.29. The average Bonchev–Trinajstić information content (AvgIpc) is 2.52. The molecule has 16 heavy (non-hydrogen) atoms. The van der Waals surface area contributed by atoms with Crippen LogP contribution in [0.3, 0.4) is 0 Å². The summed E-state index contributed by atoms with van der Waals surface area (Å²) in [7, 11) is 0. The number of hydrogen-bond donors (Lipinski definition) is 0. The van der Waals surface area contributed by atoms with Crippen LogP contribution in [0.1, 0.15) is 33.6 Å². The second-order valence-electron chi connectivity index (χ2n) is 4.96. The van der Waals surface area contributed by atoms with Crippen molar-refractivity contribution in [1.29, 1.82) is 0 Å². The maximum absolute atomic E-state index is 5.85. The zero-order valence-corrected chi connectivity index (χ0v) is 10.4. The fourth-order valence-corrected chi connectivity index (χ4v) is 1.84. The summed E-state index contributed by atoms with van der Waals surface area (Å²) in [6.45, 7) is 7.60. The van der Waals surface area contributed by atoms with Crippen molar-refractivity contribution in [2.24, 2.45) is 0 Å². The van der Waals surface area contributed by atoms with Crippen LogP contribution >= 0.6 is 0 Å². The predicted molar refractivity (Wildman–Crippen MR) is 65.1 cm³/mol. The van der Waals surface area contributed by atoms with Crippen LogP contribution in [-0.4, -0.2) is 18.8 Å². The molecule has 0 saturated carbocycles. The van der Waals surface area contributed by atoms with Crippen LogP contribution in [0.5, 0.6) is 0 Å². The van der Waals surface area contributed by atoms with Gasteiger partial charge in [0, 0.05) is 12.0 Å². The topological polar surface area (TPSA) is 18.5 Å². The zero-order chi connectivity index (χ0) is 11.6. The molecule has 1 aliphatic heterocycles. The van der Waals surface area contributed by atoms with E-state index in [9.17, 15) is 0 Å². The van der Waals surface area contributed by atoms with Gasteiger partial charge in [-0.25, -0.2) is 0 Å². The van der Waals surface area contributed by atoms with E-state index in [4.69, 9.17) is 9.47 Å². The molecule has 0 bridgehead atoms. The van der Waals surface area contributed by atoms with E-state index in [2.05, 4.69) is 39.0 Å². The summed E-state index contributed by atoms with van der Waals surface area (Å²) in [6.07, 6.45) is 8.53. The molecule has 0 fully saturated rings. The third-order valence-electron chi connectivity index (χ3n) is 3.03. The summed E-state index contributed by atoms with van der Waals surface area (Å²) in [5.41, 5.74) is 2.37. The van der Waals surface area contributed by atoms with Gasteiger partial charge in [-0.05, 0) is 20.3 Å². The SMILES string of the molecule is CCC1=CCC2=C(C=C1)COC(C)(C)CO2. The molecule has 0 aromatic carbocycles. The summed E-state index contributed by atoms with van der Waals surface area (Å²) in [5.74, 6) is 1.07. The molecule has 1 heterocycles. The predicted octanol–water partition coefficient (Wildman–Crippen LogP) is 3.36. The highest BCUT2D eigenvalue weighted by atomic mass is 16.6. The first-order chi connectivity index (χ1) is 7.61. The van der Waals surface area contributed by atoms with Gasteiger partial charge in [-0.1, -0.05) is 30.7 Å².